The Morgan fingerprint density at radius 3 is 2.71 bits per heavy atom. The van der Waals surface area contributed by atoms with E-state index in [1.165, 1.54) is 0 Å². The molecule has 1 aliphatic rings. The van der Waals surface area contributed by atoms with Crippen LogP contribution in [0.5, 0.6) is 0 Å². The molecule has 1 saturated heterocycles. The third-order valence-corrected chi connectivity index (χ3v) is 3.40. The van der Waals surface area contributed by atoms with Gasteiger partial charge in [-0.05, 0) is 18.6 Å². The summed E-state index contributed by atoms with van der Waals surface area (Å²) in [6, 6.07) is 1.92. The van der Waals surface area contributed by atoms with Gasteiger partial charge in [0.05, 0.1) is 13.2 Å². The Bertz CT molecular complexity index is 627. The molecule has 0 atom stereocenters. The van der Waals surface area contributed by atoms with E-state index in [1.54, 1.807) is 6.20 Å². The molecule has 0 aromatic carbocycles. The SMILES string of the molecule is CNc1nc(-c2ccncc2C)nc(N2CCOCC2)n1. The lowest BCUT2D eigenvalue weighted by Gasteiger charge is -2.27. The van der Waals surface area contributed by atoms with E-state index in [1.807, 2.05) is 26.2 Å². The summed E-state index contributed by atoms with van der Waals surface area (Å²) < 4.78 is 5.38. The Kier molecular flexibility index (Phi) is 3.92. The predicted molar refractivity (Wildman–Crippen MR) is 80.4 cm³/mol. The molecule has 7 nitrogen and oxygen atoms in total. The van der Waals surface area contributed by atoms with E-state index in [-0.39, 0.29) is 0 Å². The molecule has 1 fully saturated rings. The third-order valence-electron chi connectivity index (χ3n) is 3.40. The molecule has 0 amide bonds. The molecule has 2 aromatic rings. The molecule has 0 saturated carbocycles. The van der Waals surface area contributed by atoms with Crippen molar-refractivity contribution in [3.05, 3.63) is 24.0 Å². The second-order valence-electron chi connectivity index (χ2n) is 4.82. The molecule has 0 bridgehead atoms. The average Bonchev–Trinajstić information content (AvgIpc) is 2.55. The predicted octanol–water partition coefficient (Wildman–Crippen LogP) is 1.12. The monoisotopic (exact) mass is 286 g/mol. The molecule has 3 rings (SSSR count). The van der Waals surface area contributed by atoms with Gasteiger partial charge in [0, 0.05) is 38.1 Å². The van der Waals surface area contributed by atoms with Crippen LogP contribution in [-0.2, 0) is 4.74 Å². The molecule has 7 heteroatoms. The highest BCUT2D eigenvalue weighted by Crippen LogP contribution is 2.22. The lowest BCUT2D eigenvalue weighted by atomic mass is 10.1. The number of ether oxygens (including phenoxy) is 1. The second-order valence-corrected chi connectivity index (χ2v) is 4.82. The molecular formula is C14H18N6O. The summed E-state index contributed by atoms with van der Waals surface area (Å²) in [6.45, 7) is 4.98. The second kappa shape index (κ2) is 6.01. The summed E-state index contributed by atoms with van der Waals surface area (Å²) in [5, 5.41) is 3.00. The number of pyridine rings is 1. The van der Waals surface area contributed by atoms with Crippen molar-refractivity contribution in [2.24, 2.45) is 0 Å². The van der Waals surface area contributed by atoms with Crippen molar-refractivity contribution in [1.29, 1.82) is 0 Å². The van der Waals surface area contributed by atoms with E-state index in [4.69, 9.17) is 4.74 Å². The van der Waals surface area contributed by atoms with Crippen LogP contribution >= 0.6 is 0 Å². The zero-order chi connectivity index (χ0) is 14.7. The van der Waals surface area contributed by atoms with Crippen LogP contribution in [0, 0.1) is 6.92 Å². The normalized spacial score (nSPS) is 15.0. The first-order valence-electron chi connectivity index (χ1n) is 6.95. The van der Waals surface area contributed by atoms with Gasteiger partial charge < -0.3 is 15.0 Å². The molecule has 0 spiro atoms. The van der Waals surface area contributed by atoms with Crippen LogP contribution in [0.4, 0.5) is 11.9 Å². The number of hydrogen-bond acceptors (Lipinski definition) is 7. The highest BCUT2D eigenvalue weighted by atomic mass is 16.5. The van der Waals surface area contributed by atoms with Crippen molar-refractivity contribution < 1.29 is 4.74 Å². The fourth-order valence-electron chi connectivity index (χ4n) is 2.23. The quantitative estimate of drug-likeness (QED) is 0.906. The van der Waals surface area contributed by atoms with Gasteiger partial charge in [-0.1, -0.05) is 0 Å². The summed E-state index contributed by atoms with van der Waals surface area (Å²) in [5.74, 6) is 1.91. The molecule has 1 N–H and O–H groups in total. The number of aryl methyl sites for hydroxylation is 1. The number of anilines is 2. The molecule has 0 radical (unpaired) electrons. The molecule has 21 heavy (non-hydrogen) atoms. The Morgan fingerprint density at radius 2 is 2.00 bits per heavy atom. The van der Waals surface area contributed by atoms with E-state index in [2.05, 4.69) is 30.2 Å². The molecule has 0 unspecified atom stereocenters. The first kappa shape index (κ1) is 13.7. The van der Waals surface area contributed by atoms with Gasteiger partial charge in [-0.25, -0.2) is 0 Å². The van der Waals surface area contributed by atoms with E-state index in [0.29, 0.717) is 30.9 Å². The highest BCUT2D eigenvalue weighted by molar-refractivity contribution is 5.61. The summed E-state index contributed by atoms with van der Waals surface area (Å²) >= 11 is 0. The first-order valence-corrected chi connectivity index (χ1v) is 6.95. The van der Waals surface area contributed by atoms with E-state index in [0.717, 1.165) is 24.2 Å². The van der Waals surface area contributed by atoms with Gasteiger partial charge >= 0.3 is 0 Å². The van der Waals surface area contributed by atoms with Crippen LogP contribution in [-0.4, -0.2) is 53.3 Å². The lowest BCUT2D eigenvalue weighted by molar-refractivity contribution is 0.122. The van der Waals surface area contributed by atoms with Crippen LogP contribution in [0.3, 0.4) is 0 Å². The van der Waals surface area contributed by atoms with Gasteiger partial charge in [0.1, 0.15) is 0 Å². The fraction of sp³-hybridized carbons (Fsp3) is 0.429. The minimum atomic E-state index is 0.567. The Morgan fingerprint density at radius 1 is 1.19 bits per heavy atom. The highest BCUT2D eigenvalue weighted by Gasteiger charge is 2.17. The Labute approximate surface area is 123 Å². The lowest BCUT2D eigenvalue weighted by Crippen LogP contribution is -2.37. The van der Waals surface area contributed by atoms with Crippen molar-refractivity contribution >= 4 is 11.9 Å². The smallest absolute Gasteiger partial charge is 0.230 e. The van der Waals surface area contributed by atoms with Crippen LogP contribution in [0.1, 0.15) is 5.56 Å². The van der Waals surface area contributed by atoms with Gasteiger partial charge in [-0.2, -0.15) is 15.0 Å². The van der Waals surface area contributed by atoms with Crippen molar-refractivity contribution in [2.75, 3.05) is 43.6 Å². The molecule has 110 valence electrons. The fourth-order valence-corrected chi connectivity index (χ4v) is 2.23. The number of nitrogens with zero attached hydrogens (tertiary/aromatic N) is 5. The number of morpholine rings is 1. The van der Waals surface area contributed by atoms with Crippen molar-refractivity contribution in [3.63, 3.8) is 0 Å². The maximum atomic E-state index is 5.38. The molecule has 2 aromatic heterocycles. The number of aromatic nitrogens is 4. The molecular weight excluding hydrogens is 268 g/mol. The summed E-state index contributed by atoms with van der Waals surface area (Å²) in [5.41, 5.74) is 2.01. The summed E-state index contributed by atoms with van der Waals surface area (Å²) in [6.07, 6.45) is 3.56. The van der Waals surface area contributed by atoms with Gasteiger partial charge in [-0.15, -0.1) is 0 Å². The zero-order valence-corrected chi connectivity index (χ0v) is 12.2. The van der Waals surface area contributed by atoms with Gasteiger partial charge in [0.25, 0.3) is 0 Å². The standard InChI is InChI=1S/C14H18N6O/c1-10-9-16-4-3-11(10)12-17-13(15-2)19-14(18-12)20-5-7-21-8-6-20/h3-4,9H,5-8H2,1-2H3,(H,15,17,18,19). The largest absolute Gasteiger partial charge is 0.378 e. The van der Waals surface area contributed by atoms with Crippen LogP contribution in [0.2, 0.25) is 0 Å². The van der Waals surface area contributed by atoms with Crippen molar-refractivity contribution in [2.45, 2.75) is 6.92 Å². The van der Waals surface area contributed by atoms with Crippen LogP contribution in [0.25, 0.3) is 11.4 Å². The Balaban J connectivity index is 2.02. The molecule has 1 aliphatic heterocycles. The van der Waals surface area contributed by atoms with Gasteiger partial charge in [0.15, 0.2) is 5.82 Å². The minimum Gasteiger partial charge on any atom is -0.378 e. The van der Waals surface area contributed by atoms with Crippen LogP contribution < -0.4 is 10.2 Å². The van der Waals surface area contributed by atoms with E-state index >= 15 is 0 Å². The Hall–Kier alpha value is -2.28. The summed E-state index contributed by atoms with van der Waals surface area (Å²) in [4.78, 5) is 19.8. The average molecular weight is 286 g/mol. The molecule has 3 heterocycles. The van der Waals surface area contributed by atoms with Crippen molar-refractivity contribution in [1.82, 2.24) is 19.9 Å². The minimum absolute atomic E-state index is 0.567. The van der Waals surface area contributed by atoms with E-state index in [9.17, 15) is 0 Å². The maximum Gasteiger partial charge on any atom is 0.230 e. The third kappa shape index (κ3) is 2.92. The van der Waals surface area contributed by atoms with Crippen molar-refractivity contribution in [3.8, 4) is 11.4 Å². The molecule has 0 aliphatic carbocycles. The number of rotatable bonds is 3. The topological polar surface area (TPSA) is 76.1 Å². The number of nitrogens with one attached hydrogen (secondary N) is 1. The van der Waals surface area contributed by atoms with Gasteiger partial charge in [0.2, 0.25) is 11.9 Å². The first-order chi connectivity index (χ1) is 10.3. The van der Waals surface area contributed by atoms with E-state index < -0.39 is 0 Å². The van der Waals surface area contributed by atoms with Crippen LogP contribution in [0.15, 0.2) is 18.5 Å². The maximum absolute atomic E-state index is 5.38. The number of hydrogen-bond donors (Lipinski definition) is 1. The zero-order valence-electron chi connectivity index (χ0n) is 12.2. The van der Waals surface area contributed by atoms with Gasteiger partial charge in [-0.3, -0.25) is 4.98 Å². The summed E-state index contributed by atoms with van der Waals surface area (Å²) in [7, 11) is 1.81.